The highest BCUT2D eigenvalue weighted by atomic mass is 16.6. The van der Waals surface area contributed by atoms with Gasteiger partial charge in [-0.1, -0.05) is 13.8 Å². The molecular weight excluding hydrogens is 362 g/mol. The number of nitrogens with two attached hydrogens (primary N) is 1. The van der Waals surface area contributed by atoms with Crippen molar-refractivity contribution < 1.29 is 18.7 Å². The molecule has 158 valence electrons. The van der Waals surface area contributed by atoms with Gasteiger partial charge in [-0.15, -0.1) is 0 Å². The van der Waals surface area contributed by atoms with Gasteiger partial charge < -0.3 is 30.8 Å². The molecule has 1 heterocycles. The number of furan rings is 1. The van der Waals surface area contributed by atoms with Gasteiger partial charge in [0.25, 0.3) is 5.91 Å². The number of carbonyl (C=O) groups is 2. The maximum Gasteiger partial charge on any atom is 0.408 e. The highest BCUT2D eigenvalue weighted by molar-refractivity contribution is 5.89. The summed E-state index contributed by atoms with van der Waals surface area (Å²) in [7, 11) is 1.65. The lowest BCUT2D eigenvalue weighted by atomic mass is 9.93. The molecule has 2 amide bonds. The van der Waals surface area contributed by atoms with Crippen molar-refractivity contribution in [2.45, 2.75) is 65.1 Å². The van der Waals surface area contributed by atoms with E-state index in [9.17, 15) is 9.59 Å². The fourth-order valence-electron chi connectivity index (χ4n) is 2.49. The predicted octanol–water partition coefficient (Wildman–Crippen LogP) is 2.13. The van der Waals surface area contributed by atoms with E-state index >= 15 is 0 Å². The van der Waals surface area contributed by atoms with Gasteiger partial charge in [0.05, 0.1) is 12.1 Å². The quantitative estimate of drug-likeness (QED) is 0.394. The van der Waals surface area contributed by atoms with Gasteiger partial charge in [-0.2, -0.15) is 0 Å². The number of ether oxygens (including phenoxy) is 1. The molecule has 5 N–H and O–H groups in total. The molecule has 0 saturated heterocycles. The van der Waals surface area contributed by atoms with Crippen molar-refractivity contribution in [2.75, 3.05) is 13.6 Å². The molecule has 0 spiro atoms. The van der Waals surface area contributed by atoms with E-state index in [2.05, 4.69) is 20.9 Å². The molecule has 0 unspecified atom stereocenters. The second kappa shape index (κ2) is 10.0. The topological polar surface area (TPSA) is 131 Å². The molecule has 0 aromatic carbocycles. The van der Waals surface area contributed by atoms with Crippen LogP contribution >= 0.6 is 0 Å². The molecule has 28 heavy (non-hydrogen) atoms. The normalized spacial score (nSPS) is 12.4. The third-order valence-corrected chi connectivity index (χ3v) is 4.27. The first-order valence-corrected chi connectivity index (χ1v) is 9.38. The number of amides is 2. The van der Waals surface area contributed by atoms with E-state index in [1.807, 2.05) is 34.6 Å². The monoisotopic (exact) mass is 395 g/mol. The van der Waals surface area contributed by atoms with Gasteiger partial charge in [0.15, 0.2) is 11.7 Å². The van der Waals surface area contributed by atoms with E-state index < -0.39 is 23.1 Å². The Kier molecular flexibility index (Phi) is 8.34. The molecule has 0 bridgehead atoms. The lowest BCUT2D eigenvalue weighted by molar-refractivity contribution is 0.0448. The van der Waals surface area contributed by atoms with Crippen LogP contribution in [0.3, 0.4) is 0 Å². The predicted molar refractivity (Wildman–Crippen MR) is 108 cm³/mol. The maximum atomic E-state index is 12.2. The van der Waals surface area contributed by atoms with Crippen molar-refractivity contribution in [2.24, 2.45) is 10.7 Å². The van der Waals surface area contributed by atoms with Crippen LogP contribution in [0.2, 0.25) is 0 Å². The number of primary amides is 1. The summed E-state index contributed by atoms with van der Waals surface area (Å²) in [5.41, 5.74) is 4.14. The van der Waals surface area contributed by atoms with Crippen molar-refractivity contribution in [1.82, 2.24) is 16.0 Å². The average Bonchev–Trinajstić information content (AvgIpc) is 3.08. The summed E-state index contributed by atoms with van der Waals surface area (Å²) in [4.78, 5) is 27.5. The van der Waals surface area contributed by atoms with Gasteiger partial charge in [-0.25, -0.2) is 4.79 Å². The number of nitrogens with zero attached hydrogens (tertiary/aromatic N) is 1. The third kappa shape index (κ3) is 7.50. The molecule has 0 aliphatic rings. The number of hydrogen-bond donors (Lipinski definition) is 4. The van der Waals surface area contributed by atoms with Crippen LogP contribution in [0.15, 0.2) is 21.5 Å². The summed E-state index contributed by atoms with van der Waals surface area (Å²) in [5, 5.41) is 9.29. The van der Waals surface area contributed by atoms with Gasteiger partial charge in [0.1, 0.15) is 11.4 Å². The Morgan fingerprint density at radius 2 is 1.82 bits per heavy atom. The molecule has 1 aromatic heterocycles. The fourth-order valence-corrected chi connectivity index (χ4v) is 2.49. The van der Waals surface area contributed by atoms with Gasteiger partial charge in [0.2, 0.25) is 0 Å². The highest BCUT2D eigenvalue weighted by Crippen LogP contribution is 2.16. The largest absolute Gasteiger partial charge is 0.454 e. The Hall–Kier alpha value is -2.71. The van der Waals surface area contributed by atoms with Gasteiger partial charge in [-0.05, 0) is 45.7 Å². The minimum Gasteiger partial charge on any atom is -0.454 e. The SMILES string of the molecule is CCC(CC)(CNC(=NC)NCc1ccc(C(N)=O)o1)NC(=O)OC(C)(C)C. The van der Waals surface area contributed by atoms with Gasteiger partial charge in [-0.3, -0.25) is 9.79 Å². The first kappa shape index (κ1) is 23.3. The molecule has 1 aromatic rings. The Labute approximate surface area is 166 Å². The van der Waals surface area contributed by atoms with Crippen molar-refractivity contribution in [3.05, 3.63) is 23.7 Å². The summed E-state index contributed by atoms with van der Waals surface area (Å²) in [6, 6.07) is 3.20. The summed E-state index contributed by atoms with van der Waals surface area (Å²) in [6.07, 6.45) is 0.982. The molecule has 0 atom stereocenters. The number of hydrogen-bond acceptors (Lipinski definition) is 5. The highest BCUT2D eigenvalue weighted by Gasteiger charge is 2.30. The smallest absolute Gasteiger partial charge is 0.408 e. The number of carbonyl (C=O) groups excluding carboxylic acids is 2. The first-order valence-electron chi connectivity index (χ1n) is 9.38. The fraction of sp³-hybridized carbons (Fsp3) is 0.632. The zero-order valence-corrected chi connectivity index (χ0v) is 17.6. The molecule has 1 rings (SSSR count). The zero-order chi connectivity index (χ0) is 21.4. The second-order valence-electron chi connectivity index (χ2n) is 7.52. The lowest BCUT2D eigenvalue weighted by Gasteiger charge is -2.34. The zero-order valence-electron chi connectivity index (χ0n) is 17.6. The van der Waals surface area contributed by atoms with Crippen molar-refractivity contribution >= 4 is 18.0 Å². The Morgan fingerprint density at radius 1 is 1.18 bits per heavy atom. The van der Waals surface area contributed by atoms with Crippen LogP contribution in [-0.2, 0) is 11.3 Å². The van der Waals surface area contributed by atoms with Crippen LogP contribution < -0.4 is 21.7 Å². The summed E-state index contributed by atoms with van der Waals surface area (Å²) < 4.78 is 10.7. The number of rotatable bonds is 8. The molecular formula is C19H33N5O4. The molecule has 0 radical (unpaired) electrons. The van der Waals surface area contributed by atoms with Crippen LogP contribution in [0.5, 0.6) is 0 Å². The van der Waals surface area contributed by atoms with Crippen molar-refractivity contribution in [3.8, 4) is 0 Å². The number of alkyl carbamates (subject to hydrolysis) is 1. The van der Waals surface area contributed by atoms with Crippen molar-refractivity contribution in [3.63, 3.8) is 0 Å². The summed E-state index contributed by atoms with van der Waals surface area (Å²) >= 11 is 0. The van der Waals surface area contributed by atoms with E-state index in [0.717, 1.165) is 0 Å². The minimum atomic E-state index is -0.613. The van der Waals surface area contributed by atoms with Gasteiger partial charge >= 0.3 is 6.09 Å². The summed E-state index contributed by atoms with van der Waals surface area (Å²) in [5.74, 6) is 0.588. The van der Waals surface area contributed by atoms with Gasteiger partial charge in [0, 0.05) is 13.6 Å². The van der Waals surface area contributed by atoms with E-state index in [1.54, 1.807) is 13.1 Å². The van der Waals surface area contributed by atoms with Crippen LogP contribution in [0.25, 0.3) is 0 Å². The first-order chi connectivity index (χ1) is 13.0. The van der Waals surface area contributed by atoms with Crippen LogP contribution in [-0.4, -0.2) is 42.7 Å². The minimum absolute atomic E-state index is 0.109. The molecule has 0 aliphatic heterocycles. The van der Waals surface area contributed by atoms with E-state index in [-0.39, 0.29) is 5.76 Å². The Bertz CT molecular complexity index is 687. The molecule has 9 heteroatoms. The van der Waals surface area contributed by atoms with Crippen LogP contribution in [0, 0.1) is 0 Å². The lowest BCUT2D eigenvalue weighted by Crippen LogP contribution is -2.57. The van der Waals surface area contributed by atoms with Crippen molar-refractivity contribution in [1.29, 1.82) is 0 Å². The second-order valence-corrected chi connectivity index (χ2v) is 7.52. The van der Waals surface area contributed by atoms with E-state index in [0.29, 0.717) is 37.7 Å². The molecule has 0 fully saturated rings. The van der Waals surface area contributed by atoms with E-state index in [1.165, 1.54) is 6.07 Å². The number of guanidine groups is 1. The van der Waals surface area contributed by atoms with E-state index in [4.69, 9.17) is 14.9 Å². The Morgan fingerprint density at radius 3 is 2.29 bits per heavy atom. The number of nitrogens with one attached hydrogen (secondary N) is 3. The standard InChI is InChI=1S/C19H33N5O4/c1-7-19(8-2,24-17(26)28-18(3,4)5)12-23-16(21-6)22-11-13-9-10-14(27-13)15(20)25/h9-10H,7-8,11-12H2,1-6H3,(H2,20,25)(H,24,26)(H2,21,22,23). The molecule has 0 saturated carbocycles. The third-order valence-electron chi connectivity index (χ3n) is 4.27. The number of aliphatic imine (C=N–C) groups is 1. The Balaban J connectivity index is 2.65. The van der Waals surface area contributed by atoms with Crippen LogP contribution in [0.1, 0.15) is 63.8 Å². The summed E-state index contributed by atoms with van der Waals surface area (Å²) in [6.45, 7) is 10.3. The maximum absolute atomic E-state index is 12.2. The molecule has 0 aliphatic carbocycles. The molecule has 9 nitrogen and oxygen atoms in total. The van der Waals surface area contributed by atoms with Crippen LogP contribution in [0.4, 0.5) is 4.79 Å². The average molecular weight is 396 g/mol.